The predicted molar refractivity (Wildman–Crippen MR) is 106 cm³/mol. The Morgan fingerprint density at radius 1 is 1.00 bits per heavy atom. The number of rotatable bonds is 3. The van der Waals surface area contributed by atoms with E-state index in [2.05, 4.69) is 28.2 Å². The fourth-order valence-electron chi connectivity index (χ4n) is 3.54. The van der Waals surface area contributed by atoms with Crippen LogP contribution in [0, 0.1) is 0 Å². The molecule has 0 fully saturated rings. The van der Waals surface area contributed by atoms with Gasteiger partial charge in [-0.2, -0.15) is 0 Å². The lowest BCUT2D eigenvalue weighted by molar-refractivity contribution is 0.419. The second-order valence-electron chi connectivity index (χ2n) is 6.42. The van der Waals surface area contributed by atoms with Crippen LogP contribution in [0.15, 0.2) is 60.9 Å². The highest BCUT2D eigenvalue weighted by Gasteiger charge is 2.14. The first-order valence-electron chi connectivity index (χ1n) is 8.67. The lowest BCUT2D eigenvalue weighted by atomic mass is 10.1. The summed E-state index contributed by atoms with van der Waals surface area (Å²) in [4.78, 5) is 13.9. The monoisotopic (exact) mass is 355 g/mol. The summed E-state index contributed by atoms with van der Waals surface area (Å²) in [6.07, 6.45) is 4.43. The summed E-state index contributed by atoms with van der Waals surface area (Å²) < 4.78 is 7.25. The molecule has 0 spiro atoms. The molecular weight excluding hydrogens is 338 g/mol. The van der Waals surface area contributed by atoms with Crippen LogP contribution in [0.4, 0.5) is 5.95 Å². The number of benzene rings is 2. The number of ether oxygens (including phenoxy) is 1. The molecule has 0 amide bonds. The standard InChI is InChI=1S/C21H17N5O/c1-27-17-9-3-8-16-19(17)25-21(22)26-12-15(24-20(16)26)11-14-6-2-5-13-7-4-10-23-18(13)14/h2-10,12H,11H2,1H3,(H2,22,25). The number of nitrogens with two attached hydrogens (primary N) is 1. The number of hydrogen-bond acceptors (Lipinski definition) is 5. The van der Waals surface area contributed by atoms with Gasteiger partial charge in [0.1, 0.15) is 16.9 Å². The second-order valence-corrected chi connectivity index (χ2v) is 6.42. The summed E-state index contributed by atoms with van der Waals surface area (Å²) in [5.41, 5.74) is 10.7. The Labute approximate surface area is 155 Å². The van der Waals surface area contributed by atoms with E-state index < -0.39 is 0 Å². The Morgan fingerprint density at radius 2 is 1.85 bits per heavy atom. The normalized spacial score (nSPS) is 11.4. The minimum Gasteiger partial charge on any atom is -0.494 e. The quantitative estimate of drug-likeness (QED) is 0.535. The van der Waals surface area contributed by atoms with E-state index in [-0.39, 0.29) is 0 Å². The van der Waals surface area contributed by atoms with Crippen molar-refractivity contribution in [3.05, 3.63) is 72.2 Å². The van der Waals surface area contributed by atoms with Crippen LogP contribution in [0.25, 0.3) is 27.5 Å². The molecule has 3 heterocycles. The number of imidazole rings is 1. The second kappa shape index (κ2) is 5.95. The van der Waals surface area contributed by atoms with Crippen LogP contribution in [0.3, 0.4) is 0 Å². The molecule has 0 aliphatic heterocycles. The molecule has 0 radical (unpaired) electrons. The zero-order chi connectivity index (χ0) is 18.4. The van der Waals surface area contributed by atoms with Crippen molar-refractivity contribution in [2.75, 3.05) is 12.8 Å². The van der Waals surface area contributed by atoms with Crippen molar-refractivity contribution in [2.24, 2.45) is 0 Å². The molecule has 5 rings (SSSR count). The number of nitrogens with zero attached hydrogens (tertiary/aromatic N) is 4. The summed E-state index contributed by atoms with van der Waals surface area (Å²) in [7, 11) is 1.63. The van der Waals surface area contributed by atoms with Crippen molar-refractivity contribution < 1.29 is 4.74 Å². The molecule has 0 bridgehead atoms. The Kier molecular flexibility index (Phi) is 3.43. The maximum absolute atomic E-state index is 6.19. The van der Waals surface area contributed by atoms with E-state index in [1.54, 1.807) is 7.11 Å². The number of nitrogen functional groups attached to an aromatic ring is 1. The molecule has 0 atom stereocenters. The molecule has 0 unspecified atom stereocenters. The van der Waals surface area contributed by atoms with E-state index in [4.69, 9.17) is 15.5 Å². The predicted octanol–water partition coefficient (Wildman–Crippen LogP) is 3.61. The minimum atomic E-state index is 0.386. The highest BCUT2D eigenvalue weighted by Crippen LogP contribution is 2.28. The van der Waals surface area contributed by atoms with Crippen molar-refractivity contribution in [2.45, 2.75) is 6.42 Å². The largest absolute Gasteiger partial charge is 0.494 e. The minimum absolute atomic E-state index is 0.386. The van der Waals surface area contributed by atoms with Gasteiger partial charge in [-0.15, -0.1) is 0 Å². The van der Waals surface area contributed by atoms with Gasteiger partial charge in [0.2, 0.25) is 5.95 Å². The number of hydrogen-bond donors (Lipinski definition) is 1. The van der Waals surface area contributed by atoms with E-state index in [0.717, 1.165) is 33.2 Å². The van der Waals surface area contributed by atoms with Crippen LogP contribution >= 0.6 is 0 Å². The molecule has 0 saturated carbocycles. The highest BCUT2D eigenvalue weighted by atomic mass is 16.5. The van der Waals surface area contributed by atoms with Gasteiger partial charge in [-0.25, -0.2) is 9.97 Å². The first-order chi connectivity index (χ1) is 13.2. The number of methoxy groups -OCH3 is 1. The zero-order valence-corrected chi connectivity index (χ0v) is 14.8. The SMILES string of the molecule is COc1cccc2c1nc(N)n1cc(Cc3cccc4cccnc34)nc21. The summed E-state index contributed by atoms with van der Waals surface area (Å²) >= 11 is 0. The topological polar surface area (TPSA) is 78.3 Å². The van der Waals surface area contributed by atoms with Gasteiger partial charge in [0.05, 0.1) is 18.3 Å². The maximum Gasteiger partial charge on any atom is 0.206 e. The number of aromatic nitrogens is 4. The average molecular weight is 355 g/mol. The number of anilines is 1. The van der Waals surface area contributed by atoms with Gasteiger partial charge in [-0.3, -0.25) is 9.38 Å². The lowest BCUT2D eigenvalue weighted by Gasteiger charge is -2.07. The van der Waals surface area contributed by atoms with Crippen LogP contribution in [0.2, 0.25) is 0 Å². The summed E-state index contributed by atoms with van der Waals surface area (Å²) in [6, 6.07) is 16.0. The third-order valence-electron chi connectivity index (χ3n) is 4.78. The van der Waals surface area contributed by atoms with Gasteiger partial charge in [-0.1, -0.05) is 30.3 Å². The van der Waals surface area contributed by atoms with E-state index in [0.29, 0.717) is 23.6 Å². The van der Waals surface area contributed by atoms with Crippen molar-refractivity contribution in [1.29, 1.82) is 0 Å². The highest BCUT2D eigenvalue weighted by molar-refractivity contribution is 5.96. The summed E-state index contributed by atoms with van der Waals surface area (Å²) in [5, 5.41) is 2.03. The third kappa shape index (κ3) is 2.45. The molecule has 0 aliphatic rings. The van der Waals surface area contributed by atoms with Gasteiger partial charge in [0.15, 0.2) is 0 Å². The molecule has 5 aromatic rings. The fraction of sp³-hybridized carbons (Fsp3) is 0.0952. The molecule has 27 heavy (non-hydrogen) atoms. The van der Waals surface area contributed by atoms with Crippen molar-refractivity contribution >= 4 is 33.4 Å². The van der Waals surface area contributed by atoms with Gasteiger partial charge >= 0.3 is 0 Å². The van der Waals surface area contributed by atoms with E-state index in [1.807, 2.05) is 47.1 Å². The molecule has 132 valence electrons. The van der Waals surface area contributed by atoms with Crippen LogP contribution in [-0.2, 0) is 6.42 Å². The Balaban J connectivity index is 1.68. The van der Waals surface area contributed by atoms with Gasteiger partial charge in [0.25, 0.3) is 0 Å². The molecule has 0 aliphatic carbocycles. The van der Waals surface area contributed by atoms with Crippen LogP contribution in [0.1, 0.15) is 11.3 Å². The third-order valence-corrected chi connectivity index (χ3v) is 4.78. The Bertz CT molecular complexity index is 1300. The maximum atomic E-state index is 6.19. The first-order valence-corrected chi connectivity index (χ1v) is 8.67. The van der Waals surface area contributed by atoms with E-state index >= 15 is 0 Å². The first kappa shape index (κ1) is 15.6. The van der Waals surface area contributed by atoms with Crippen LogP contribution < -0.4 is 10.5 Å². The lowest BCUT2D eigenvalue weighted by Crippen LogP contribution is -2.01. The zero-order valence-electron chi connectivity index (χ0n) is 14.8. The fourth-order valence-corrected chi connectivity index (χ4v) is 3.54. The Morgan fingerprint density at radius 3 is 2.74 bits per heavy atom. The molecule has 0 saturated heterocycles. The van der Waals surface area contributed by atoms with Gasteiger partial charge < -0.3 is 10.5 Å². The van der Waals surface area contributed by atoms with E-state index in [1.165, 1.54) is 0 Å². The molecule has 3 aromatic heterocycles. The smallest absolute Gasteiger partial charge is 0.206 e. The average Bonchev–Trinajstić information content (AvgIpc) is 3.13. The number of pyridine rings is 1. The Hall–Kier alpha value is -3.67. The van der Waals surface area contributed by atoms with Crippen molar-refractivity contribution in [3.63, 3.8) is 0 Å². The van der Waals surface area contributed by atoms with Crippen LogP contribution in [-0.4, -0.2) is 26.5 Å². The number of para-hydroxylation sites is 2. The molecule has 2 aromatic carbocycles. The van der Waals surface area contributed by atoms with Gasteiger partial charge in [-0.05, 0) is 23.8 Å². The summed E-state index contributed by atoms with van der Waals surface area (Å²) in [6.45, 7) is 0. The van der Waals surface area contributed by atoms with Crippen molar-refractivity contribution in [1.82, 2.24) is 19.4 Å². The molecule has 6 heteroatoms. The van der Waals surface area contributed by atoms with Crippen molar-refractivity contribution in [3.8, 4) is 5.75 Å². The summed E-state index contributed by atoms with van der Waals surface area (Å²) in [5.74, 6) is 1.07. The molecule has 6 nitrogen and oxygen atoms in total. The molecule has 2 N–H and O–H groups in total. The van der Waals surface area contributed by atoms with Crippen LogP contribution in [0.5, 0.6) is 5.75 Å². The molecular formula is C21H17N5O. The van der Waals surface area contributed by atoms with Gasteiger partial charge in [0, 0.05) is 29.6 Å². The number of fused-ring (bicyclic) bond motifs is 4. The van der Waals surface area contributed by atoms with E-state index in [9.17, 15) is 0 Å².